The zero-order valence-corrected chi connectivity index (χ0v) is 11.0. The fourth-order valence-corrected chi connectivity index (χ4v) is 2.39. The summed E-state index contributed by atoms with van der Waals surface area (Å²) in [5, 5.41) is 0. The molecule has 1 aliphatic heterocycles. The molecule has 100 valence electrons. The van der Waals surface area contributed by atoms with Gasteiger partial charge in [-0.1, -0.05) is 0 Å². The highest BCUT2D eigenvalue weighted by atomic mass is 16.5. The van der Waals surface area contributed by atoms with Crippen LogP contribution in [0.1, 0.15) is 26.2 Å². The highest BCUT2D eigenvalue weighted by Crippen LogP contribution is 2.24. The first kappa shape index (κ1) is 13.1. The second-order valence-electron chi connectivity index (χ2n) is 4.66. The van der Waals surface area contributed by atoms with Crippen molar-refractivity contribution in [1.82, 2.24) is 9.97 Å². The van der Waals surface area contributed by atoms with Crippen molar-refractivity contribution >= 4 is 5.82 Å². The molecule has 0 atom stereocenters. The van der Waals surface area contributed by atoms with E-state index in [1.165, 1.54) is 12.8 Å². The fraction of sp³-hybridized carbons (Fsp3) is 0.692. The molecule has 0 aliphatic carbocycles. The maximum atomic E-state index is 5.61. The number of anilines is 1. The van der Waals surface area contributed by atoms with E-state index in [2.05, 4.69) is 14.9 Å². The van der Waals surface area contributed by atoms with E-state index in [9.17, 15) is 0 Å². The third-order valence-electron chi connectivity index (χ3n) is 3.41. The van der Waals surface area contributed by atoms with Gasteiger partial charge in [0, 0.05) is 13.1 Å². The van der Waals surface area contributed by atoms with Gasteiger partial charge in [-0.25, -0.2) is 0 Å². The van der Waals surface area contributed by atoms with E-state index in [0.717, 1.165) is 37.8 Å². The van der Waals surface area contributed by atoms with Crippen LogP contribution in [0.4, 0.5) is 5.82 Å². The third kappa shape index (κ3) is 3.32. The van der Waals surface area contributed by atoms with Crippen LogP contribution in [0.3, 0.4) is 0 Å². The van der Waals surface area contributed by atoms with E-state index >= 15 is 0 Å². The lowest BCUT2D eigenvalue weighted by Gasteiger charge is -2.32. The SMILES string of the molecule is CCOc1cncc(N2CCC(CCN)CC2)n1. The van der Waals surface area contributed by atoms with Crippen LogP contribution in [0.25, 0.3) is 0 Å². The number of hydrogen-bond acceptors (Lipinski definition) is 5. The number of nitrogens with two attached hydrogens (primary N) is 1. The number of rotatable bonds is 5. The molecule has 0 radical (unpaired) electrons. The van der Waals surface area contributed by atoms with E-state index in [0.29, 0.717) is 12.5 Å². The first-order chi connectivity index (χ1) is 8.83. The third-order valence-corrected chi connectivity index (χ3v) is 3.41. The Morgan fingerprint density at radius 1 is 1.39 bits per heavy atom. The van der Waals surface area contributed by atoms with Gasteiger partial charge in [-0.2, -0.15) is 4.98 Å². The van der Waals surface area contributed by atoms with Gasteiger partial charge in [-0.05, 0) is 38.6 Å². The monoisotopic (exact) mass is 250 g/mol. The first-order valence-corrected chi connectivity index (χ1v) is 6.73. The van der Waals surface area contributed by atoms with Crippen LogP contribution in [0.15, 0.2) is 12.4 Å². The Balaban J connectivity index is 1.94. The molecule has 0 saturated carbocycles. The largest absolute Gasteiger partial charge is 0.477 e. The van der Waals surface area contributed by atoms with Crippen LogP contribution in [0, 0.1) is 5.92 Å². The molecular formula is C13H22N4O. The van der Waals surface area contributed by atoms with Crippen LogP contribution in [-0.2, 0) is 0 Å². The normalized spacial score (nSPS) is 16.9. The molecule has 1 fully saturated rings. The summed E-state index contributed by atoms with van der Waals surface area (Å²) in [5.74, 6) is 2.31. The van der Waals surface area contributed by atoms with Crippen molar-refractivity contribution in [2.45, 2.75) is 26.2 Å². The van der Waals surface area contributed by atoms with Crippen molar-refractivity contribution in [3.8, 4) is 5.88 Å². The maximum absolute atomic E-state index is 5.61. The van der Waals surface area contributed by atoms with Gasteiger partial charge in [0.1, 0.15) is 0 Å². The molecule has 0 aromatic carbocycles. The second-order valence-corrected chi connectivity index (χ2v) is 4.66. The maximum Gasteiger partial charge on any atom is 0.234 e. The molecule has 1 aromatic rings. The Morgan fingerprint density at radius 3 is 2.83 bits per heavy atom. The topological polar surface area (TPSA) is 64.3 Å². The Hall–Kier alpha value is -1.36. The van der Waals surface area contributed by atoms with Crippen LogP contribution in [-0.4, -0.2) is 36.2 Å². The molecule has 1 aromatic heterocycles. The van der Waals surface area contributed by atoms with Crippen molar-refractivity contribution in [3.63, 3.8) is 0 Å². The van der Waals surface area contributed by atoms with Crippen molar-refractivity contribution in [2.24, 2.45) is 11.7 Å². The minimum atomic E-state index is 0.610. The molecule has 1 saturated heterocycles. The number of nitrogens with zero attached hydrogens (tertiary/aromatic N) is 3. The summed E-state index contributed by atoms with van der Waals surface area (Å²) in [6.45, 7) is 5.44. The number of hydrogen-bond donors (Lipinski definition) is 1. The number of piperidine rings is 1. The molecule has 2 heterocycles. The van der Waals surface area contributed by atoms with E-state index in [1.807, 2.05) is 13.1 Å². The smallest absolute Gasteiger partial charge is 0.234 e. The molecule has 2 rings (SSSR count). The van der Waals surface area contributed by atoms with Gasteiger partial charge in [-0.3, -0.25) is 4.98 Å². The van der Waals surface area contributed by atoms with Crippen LogP contribution >= 0.6 is 0 Å². The number of aromatic nitrogens is 2. The minimum Gasteiger partial charge on any atom is -0.477 e. The van der Waals surface area contributed by atoms with Crippen LogP contribution in [0.5, 0.6) is 5.88 Å². The molecule has 0 spiro atoms. The summed E-state index contributed by atoms with van der Waals surface area (Å²) in [4.78, 5) is 10.9. The predicted octanol–water partition coefficient (Wildman–Crippen LogP) is 1.44. The summed E-state index contributed by atoms with van der Waals surface area (Å²) in [5.41, 5.74) is 5.61. The molecule has 0 amide bonds. The molecule has 18 heavy (non-hydrogen) atoms. The van der Waals surface area contributed by atoms with Crippen molar-refractivity contribution < 1.29 is 4.74 Å². The molecular weight excluding hydrogens is 228 g/mol. The lowest BCUT2D eigenvalue weighted by Crippen LogP contribution is -2.34. The van der Waals surface area contributed by atoms with Gasteiger partial charge < -0.3 is 15.4 Å². The average Bonchev–Trinajstić information content (AvgIpc) is 2.41. The van der Waals surface area contributed by atoms with Gasteiger partial charge >= 0.3 is 0 Å². The first-order valence-electron chi connectivity index (χ1n) is 6.73. The predicted molar refractivity (Wildman–Crippen MR) is 71.8 cm³/mol. The zero-order chi connectivity index (χ0) is 12.8. The highest BCUT2D eigenvalue weighted by molar-refractivity contribution is 5.37. The molecule has 0 unspecified atom stereocenters. The van der Waals surface area contributed by atoms with Gasteiger partial charge in [0.15, 0.2) is 5.82 Å². The lowest BCUT2D eigenvalue weighted by molar-refractivity contribution is 0.324. The average molecular weight is 250 g/mol. The van der Waals surface area contributed by atoms with Crippen molar-refractivity contribution in [2.75, 3.05) is 31.1 Å². The van der Waals surface area contributed by atoms with Gasteiger partial charge in [-0.15, -0.1) is 0 Å². The van der Waals surface area contributed by atoms with Crippen molar-refractivity contribution in [1.29, 1.82) is 0 Å². The van der Waals surface area contributed by atoms with E-state index in [-0.39, 0.29) is 0 Å². The van der Waals surface area contributed by atoms with Crippen LogP contribution in [0.2, 0.25) is 0 Å². The summed E-state index contributed by atoms with van der Waals surface area (Å²) in [6, 6.07) is 0. The van der Waals surface area contributed by atoms with E-state index < -0.39 is 0 Å². The molecule has 2 N–H and O–H groups in total. The Bertz CT molecular complexity index is 364. The van der Waals surface area contributed by atoms with E-state index in [4.69, 9.17) is 10.5 Å². The van der Waals surface area contributed by atoms with Crippen molar-refractivity contribution in [3.05, 3.63) is 12.4 Å². The second kappa shape index (κ2) is 6.54. The summed E-state index contributed by atoms with van der Waals surface area (Å²) in [6.07, 6.45) is 6.99. The Labute approximate surface area is 108 Å². The Morgan fingerprint density at radius 2 is 2.17 bits per heavy atom. The quantitative estimate of drug-likeness (QED) is 0.856. The lowest BCUT2D eigenvalue weighted by atomic mass is 9.94. The molecule has 5 heteroatoms. The molecule has 1 aliphatic rings. The van der Waals surface area contributed by atoms with Gasteiger partial charge in [0.25, 0.3) is 0 Å². The Kier molecular flexibility index (Phi) is 4.75. The molecule has 5 nitrogen and oxygen atoms in total. The van der Waals surface area contributed by atoms with Crippen LogP contribution < -0.4 is 15.4 Å². The summed E-state index contributed by atoms with van der Waals surface area (Å²) < 4.78 is 5.38. The highest BCUT2D eigenvalue weighted by Gasteiger charge is 2.19. The summed E-state index contributed by atoms with van der Waals surface area (Å²) in [7, 11) is 0. The summed E-state index contributed by atoms with van der Waals surface area (Å²) >= 11 is 0. The standard InChI is InChI=1S/C13H22N4O/c1-2-18-13-10-15-9-12(16-13)17-7-4-11(3-6-14)5-8-17/h9-11H,2-8,14H2,1H3. The van der Waals surface area contributed by atoms with Gasteiger partial charge in [0.2, 0.25) is 5.88 Å². The zero-order valence-electron chi connectivity index (χ0n) is 11.0. The minimum absolute atomic E-state index is 0.610. The van der Waals surface area contributed by atoms with E-state index in [1.54, 1.807) is 6.20 Å². The fourth-order valence-electron chi connectivity index (χ4n) is 2.39. The number of ether oxygens (including phenoxy) is 1. The van der Waals surface area contributed by atoms with Gasteiger partial charge in [0.05, 0.1) is 19.0 Å². The molecule has 0 bridgehead atoms.